The maximum absolute atomic E-state index is 12.3. The van der Waals surface area contributed by atoms with E-state index in [0.717, 1.165) is 30.8 Å². The Morgan fingerprint density at radius 3 is 2.89 bits per heavy atom. The first kappa shape index (κ1) is 11.9. The molecule has 98 valence electrons. The summed E-state index contributed by atoms with van der Waals surface area (Å²) in [5.74, 6) is -0.0682. The van der Waals surface area contributed by atoms with E-state index in [1.165, 1.54) is 0 Å². The SMILES string of the molecule is O=C(N[C@@H]1CCNC1)c1cn[nH]c1-c1ccccc1. The van der Waals surface area contributed by atoms with Gasteiger partial charge in [0, 0.05) is 18.2 Å². The van der Waals surface area contributed by atoms with E-state index in [0.29, 0.717) is 5.56 Å². The van der Waals surface area contributed by atoms with Crippen LogP contribution in [0.4, 0.5) is 0 Å². The van der Waals surface area contributed by atoms with Gasteiger partial charge >= 0.3 is 0 Å². The molecule has 1 fully saturated rings. The number of rotatable bonds is 3. The molecule has 5 heteroatoms. The van der Waals surface area contributed by atoms with Crippen LogP contribution in [0.5, 0.6) is 0 Å². The van der Waals surface area contributed by atoms with E-state index >= 15 is 0 Å². The van der Waals surface area contributed by atoms with Crippen LogP contribution in [-0.4, -0.2) is 35.2 Å². The van der Waals surface area contributed by atoms with Crippen LogP contribution in [0.2, 0.25) is 0 Å². The van der Waals surface area contributed by atoms with E-state index in [9.17, 15) is 4.79 Å². The van der Waals surface area contributed by atoms with Crippen molar-refractivity contribution in [2.45, 2.75) is 12.5 Å². The molecule has 0 saturated carbocycles. The fraction of sp³-hybridized carbons (Fsp3) is 0.286. The predicted octanol–water partition coefficient (Wildman–Crippen LogP) is 1.17. The van der Waals surface area contributed by atoms with Gasteiger partial charge in [-0.1, -0.05) is 30.3 Å². The fourth-order valence-corrected chi connectivity index (χ4v) is 2.32. The zero-order valence-corrected chi connectivity index (χ0v) is 10.5. The summed E-state index contributed by atoms with van der Waals surface area (Å²) in [7, 11) is 0. The van der Waals surface area contributed by atoms with Gasteiger partial charge in [-0.3, -0.25) is 9.89 Å². The van der Waals surface area contributed by atoms with E-state index in [1.807, 2.05) is 30.3 Å². The first-order chi connectivity index (χ1) is 9.34. The van der Waals surface area contributed by atoms with Crippen LogP contribution in [0.25, 0.3) is 11.3 Å². The number of aromatic nitrogens is 2. The highest BCUT2D eigenvalue weighted by Crippen LogP contribution is 2.20. The van der Waals surface area contributed by atoms with Gasteiger partial charge in [-0.2, -0.15) is 5.10 Å². The quantitative estimate of drug-likeness (QED) is 0.772. The molecule has 3 N–H and O–H groups in total. The number of H-pyrrole nitrogens is 1. The lowest BCUT2D eigenvalue weighted by molar-refractivity contribution is 0.0941. The Bertz CT molecular complexity index is 558. The molecule has 0 unspecified atom stereocenters. The van der Waals surface area contributed by atoms with Crippen LogP contribution in [-0.2, 0) is 0 Å². The van der Waals surface area contributed by atoms with Gasteiger partial charge in [-0.25, -0.2) is 0 Å². The highest BCUT2D eigenvalue weighted by molar-refractivity contribution is 5.99. The van der Waals surface area contributed by atoms with Gasteiger partial charge in [0.1, 0.15) is 0 Å². The van der Waals surface area contributed by atoms with Gasteiger partial charge in [0.25, 0.3) is 5.91 Å². The molecule has 1 aromatic carbocycles. The molecule has 0 spiro atoms. The largest absolute Gasteiger partial charge is 0.348 e. The van der Waals surface area contributed by atoms with Crippen LogP contribution >= 0.6 is 0 Å². The van der Waals surface area contributed by atoms with Gasteiger partial charge in [-0.15, -0.1) is 0 Å². The first-order valence-electron chi connectivity index (χ1n) is 6.45. The van der Waals surface area contributed by atoms with Gasteiger partial charge in [-0.05, 0) is 13.0 Å². The number of carbonyl (C=O) groups is 1. The van der Waals surface area contributed by atoms with Crippen LogP contribution < -0.4 is 10.6 Å². The lowest BCUT2D eigenvalue weighted by Crippen LogP contribution is -2.36. The zero-order chi connectivity index (χ0) is 13.1. The first-order valence-corrected chi connectivity index (χ1v) is 6.45. The Morgan fingerprint density at radius 1 is 1.32 bits per heavy atom. The second-order valence-electron chi connectivity index (χ2n) is 4.69. The molecule has 1 atom stereocenters. The number of benzene rings is 1. The molecular formula is C14H16N4O. The van der Waals surface area contributed by atoms with E-state index in [1.54, 1.807) is 6.20 Å². The van der Waals surface area contributed by atoms with E-state index in [4.69, 9.17) is 0 Å². The van der Waals surface area contributed by atoms with E-state index < -0.39 is 0 Å². The third kappa shape index (κ3) is 2.51. The van der Waals surface area contributed by atoms with Gasteiger partial charge in [0.15, 0.2) is 0 Å². The second kappa shape index (κ2) is 5.24. The van der Waals surface area contributed by atoms with Crippen LogP contribution in [0.15, 0.2) is 36.5 Å². The molecule has 1 saturated heterocycles. The molecular weight excluding hydrogens is 240 g/mol. The number of nitrogens with one attached hydrogen (secondary N) is 3. The van der Waals surface area contributed by atoms with Crippen molar-refractivity contribution in [1.29, 1.82) is 0 Å². The molecule has 2 aromatic rings. The summed E-state index contributed by atoms with van der Waals surface area (Å²) in [6.07, 6.45) is 2.56. The lowest BCUT2D eigenvalue weighted by atomic mass is 10.1. The molecule has 1 aliphatic heterocycles. The van der Waals surface area contributed by atoms with Crippen molar-refractivity contribution in [3.05, 3.63) is 42.1 Å². The summed E-state index contributed by atoms with van der Waals surface area (Å²) in [5, 5.41) is 13.2. The Labute approximate surface area is 111 Å². The molecule has 0 bridgehead atoms. The van der Waals surface area contributed by atoms with Crippen LogP contribution in [0, 0.1) is 0 Å². The van der Waals surface area contributed by atoms with Crippen LogP contribution in [0.3, 0.4) is 0 Å². The third-order valence-corrected chi connectivity index (χ3v) is 3.34. The molecule has 1 aliphatic rings. The monoisotopic (exact) mass is 256 g/mol. The number of nitrogens with zero attached hydrogens (tertiary/aromatic N) is 1. The molecule has 0 aliphatic carbocycles. The Hall–Kier alpha value is -2.14. The van der Waals surface area contributed by atoms with Gasteiger partial charge < -0.3 is 10.6 Å². The van der Waals surface area contributed by atoms with Crippen molar-refractivity contribution < 1.29 is 4.79 Å². The number of hydrogen-bond acceptors (Lipinski definition) is 3. The number of amides is 1. The standard InChI is InChI=1S/C14H16N4O/c19-14(17-11-6-7-15-8-11)12-9-16-18-13(12)10-4-2-1-3-5-10/h1-5,9,11,15H,6-8H2,(H,16,18)(H,17,19)/t11-/m1/s1. The Balaban J connectivity index is 1.81. The van der Waals surface area contributed by atoms with Crippen molar-refractivity contribution in [3.63, 3.8) is 0 Å². The average molecular weight is 256 g/mol. The Kier molecular flexibility index (Phi) is 3.29. The van der Waals surface area contributed by atoms with Gasteiger partial charge in [0.2, 0.25) is 0 Å². The zero-order valence-electron chi connectivity index (χ0n) is 10.5. The van der Waals surface area contributed by atoms with Crippen molar-refractivity contribution in [2.75, 3.05) is 13.1 Å². The predicted molar refractivity (Wildman–Crippen MR) is 72.8 cm³/mol. The van der Waals surface area contributed by atoms with Crippen LogP contribution in [0.1, 0.15) is 16.8 Å². The molecule has 1 amide bonds. The smallest absolute Gasteiger partial charge is 0.255 e. The fourth-order valence-electron chi connectivity index (χ4n) is 2.32. The molecule has 2 heterocycles. The summed E-state index contributed by atoms with van der Waals surface area (Å²) >= 11 is 0. The summed E-state index contributed by atoms with van der Waals surface area (Å²) in [5.41, 5.74) is 2.33. The minimum Gasteiger partial charge on any atom is -0.348 e. The summed E-state index contributed by atoms with van der Waals surface area (Å²) in [4.78, 5) is 12.3. The minimum atomic E-state index is -0.0682. The van der Waals surface area contributed by atoms with E-state index in [2.05, 4.69) is 20.8 Å². The minimum absolute atomic E-state index is 0.0682. The maximum atomic E-state index is 12.3. The summed E-state index contributed by atoms with van der Waals surface area (Å²) in [6.45, 7) is 1.80. The van der Waals surface area contributed by atoms with Crippen molar-refractivity contribution in [2.24, 2.45) is 0 Å². The molecule has 0 radical (unpaired) electrons. The maximum Gasteiger partial charge on any atom is 0.255 e. The van der Waals surface area contributed by atoms with E-state index in [-0.39, 0.29) is 11.9 Å². The molecule has 1 aromatic heterocycles. The summed E-state index contributed by atoms with van der Waals surface area (Å²) < 4.78 is 0. The Morgan fingerprint density at radius 2 is 2.16 bits per heavy atom. The number of carbonyl (C=O) groups excluding carboxylic acids is 1. The van der Waals surface area contributed by atoms with Crippen molar-refractivity contribution >= 4 is 5.91 Å². The molecule has 19 heavy (non-hydrogen) atoms. The summed E-state index contributed by atoms with van der Waals surface area (Å²) in [6, 6.07) is 9.97. The second-order valence-corrected chi connectivity index (χ2v) is 4.69. The van der Waals surface area contributed by atoms with Gasteiger partial charge in [0.05, 0.1) is 17.5 Å². The molecule has 3 rings (SSSR count). The highest BCUT2D eigenvalue weighted by Gasteiger charge is 2.20. The number of aromatic amines is 1. The van der Waals surface area contributed by atoms with Crippen molar-refractivity contribution in [1.82, 2.24) is 20.8 Å². The average Bonchev–Trinajstić information content (AvgIpc) is 3.10. The topological polar surface area (TPSA) is 69.8 Å². The normalized spacial score (nSPS) is 18.4. The lowest BCUT2D eigenvalue weighted by Gasteiger charge is -2.11. The highest BCUT2D eigenvalue weighted by atomic mass is 16.1. The number of hydrogen-bond donors (Lipinski definition) is 3. The van der Waals surface area contributed by atoms with Crippen molar-refractivity contribution in [3.8, 4) is 11.3 Å². The third-order valence-electron chi connectivity index (χ3n) is 3.34. The molecule has 5 nitrogen and oxygen atoms in total.